The van der Waals surface area contributed by atoms with Gasteiger partial charge in [0.1, 0.15) is 0 Å². The molecule has 1 saturated heterocycles. The molecule has 3 atom stereocenters. The average molecular weight is 329 g/mol. The van der Waals surface area contributed by atoms with Gasteiger partial charge in [0.25, 0.3) is 0 Å². The fourth-order valence-electron chi connectivity index (χ4n) is 2.57. The van der Waals surface area contributed by atoms with Crippen molar-refractivity contribution in [2.45, 2.75) is 42.2 Å². The molecule has 6 heteroatoms. The van der Waals surface area contributed by atoms with Crippen molar-refractivity contribution in [2.75, 3.05) is 20.1 Å². The van der Waals surface area contributed by atoms with Crippen LogP contribution in [0.2, 0.25) is 0 Å². The molecular formula is C15H24N2O2S2. The van der Waals surface area contributed by atoms with Crippen LogP contribution in [0.1, 0.15) is 32.4 Å². The maximum Gasteiger partial charge on any atom is 0.243 e. The van der Waals surface area contributed by atoms with Crippen LogP contribution in [0.4, 0.5) is 0 Å². The molecule has 1 N–H and O–H groups in total. The molecule has 1 aliphatic heterocycles. The van der Waals surface area contributed by atoms with Crippen LogP contribution >= 0.6 is 11.8 Å². The lowest BCUT2D eigenvalue weighted by Gasteiger charge is -2.33. The minimum atomic E-state index is -3.38. The highest BCUT2D eigenvalue weighted by Crippen LogP contribution is 2.29. The zero-order valence-electron chi connectivity index (χ0n) is 13.0. The number of nitrogens with one attached hydrogen (secondary N) is 1. The molecule has 0 saturated carbocycles. The van der Waals surface area contributed by atoms with Crippen LogP contribution < -0.4 is 5.32 Å². The van der Waals surface area contributed by atoms with Crippen LogP contribution in [0.25, 0.3) is 0 Å². The van der Waals surface area contributed by atoms with Crippen molar-refractivity contribution < 1.29 is 8.42 Å². The number of rotatable bonds is 4. The Morgan fingerprint density at radius 2 is 1.71 bits per heavy atom. The third-order valence-corrected chi connectivity index (χ3v) is 6.91. The molecule has 2 rings (SSSR count). The fraction of sp³-hybridized carbons (Fsp3) is 0.600. The van der Waals surface area contributed by atoms with Crippen LogP contribution in [-0.2, 0) is 10.0 Å². The van der Waals surface area contributed by atoms with Gasteiger partial charge in [-0.2, -0.15) is 16.1 Å². The number of benzene rings is 1. The van der Waals surface area contributed by atoms with E-state index in [0.717, 1.165) is 5.56 Å². The molecule has 0 aromatic heterocycles. The molecule has 0 spiro atoms. The SMILES string of the molecule is CNC(C)c1ccc(S(=O)(=O)N2CC(C)SC(C)C2)cc1. The Kier molecular flexibility index (Phi) is 5.35. The summed E-state index contributed by atoms with van der Waals surface area (Å²) in [5.41, 5.74) is 1.09. The zero-order valence-corrected chi connectivity index (χ0v) is 14.7. The summed E-state index contributed by atoms with van der Waals surface area (Å²) in [6.45, 7) is 7.40. The zero-order chi connectivity index (χ0) is 15.6. The molecule has 118 valence electrons. The van der Waals surface area contributed by atoms with Crippen molar-refractivity contribution in [1.29, 1.82) is 0 Å². The Labute approximate surface area is 132 Å². The molecule has 1 aliphatic rings. The molecule has 21 heavy (non-hydrogen) atoms. The summed E-state index contributed by atoms with van der Waals surface area (Å²) in [6, 6.07) is 7.43. The Bertz CT molecular complexity index is 562. The van der Waals surface area contributed by atoms with E-state index in [1.807, 2.05) is 30.9 Å². The number of hydrogen-bond donors (Lipinski definition) is 1. The topological polar surface area (TPSA) is 49.4 Å². The van der Waals surface area contributed by atoms with Crippen LogP contribution in [-0.4, -0.2) is 43.4 Å². The largest absolute Gasteiger partial charge is 0.313 e. The van der Waals surface area contributed by atoms with E-state index in [4.69, 9.17) is 0 Å². The molecule has 1 fully saturated rings. The highest BCUT2D eigenvalue weighted by Gasteiger charge is 2.31. The summed E-state index contributed by atoms with van der Waals surface area (Å²) in [7, 11) is -1.49. The predicted molar refractivity (Wildman–Crippen MR) is 89.2 cm³/mol. The molecule has 0 radical (unpaired) electrons. The van der Waals surface area contributed by atoms with Crippen molar-refractivity contribution in [3.05, 3.63) is 29.8 Å². The quantitative estimate of drug-likeness (QED) is 0.922. The Balaban J connectivity index is 2.23. The van der Waals surface area contributed by atoms with Gasteiger partial charge in [0.15, 0.2) is 0 Å². The molecule has 4 nitrogen and oxygen atoms in total. The Morgan fingerprint density at radius 1 is 1.19 bits per heavy atom. The summed E-state index contributed by atoms with van der Waals surface area (Å²) in [6.07, 6.45) is 0. The minimum absolute atomic E-state index is 0.216. The Morgan fingerprint density at radius 3 is 2.19 bits per heavy atom. The van der Waals surface area contributed by atoms with Crippen LogP contribution in [0.3, 0.4) is 0 Å². The van der Waals surface area contributed by atoms with Gasteiger partial charge in [-0.25, -0.2) is 8.42 Å². The number of sulfonamides is 1. The van der Waals surface area contributed by atoms with E-state index < -0.39 is 10.0 Å². The fourth-order valence-corrected chi connectivity index (χ4v) is 5.70. The summed E-state index contributed by atoms with van der Waals surface area (Å²) in [5.74, 6) is 0. The van der Waals surface area contributed by atoms with Crippen molar-refractivity contribution in [2.24, 2.45) is 0 Å². The first-order valence-electron chi connectivity index (χ1n) is 7.27. The number of nitrogens with zero attached hydrogens (tertiary/aromatic N) is 1. The molecule has 0 aliphatic carbocycles. The van der Waals surface area contributed by atoms with Gasteiger partial charge >= 0.3 is 0 Å². The summed E-state index contributed by atoms with van der Waals surface area (Å²) < 4.78 is 27.1. The van der Waals surface area contributed by atoms with Gasteiger partial charge in [0.2, 0.25) is 10.0 Å². The predicted octanol–water partition coefficient (Wildman–Crippen LogP) is 2.48. The Hall–Kier alpha value is -0.560. The highest BCUT2D eigenvalue weighted by molar-refractivity contribution is 8.00. The molecule has 3 unspecified atom stereocenters. The number of hydrogen-bond acceptors (Lipinski definition) is 4. The third-order valence-electron chi connectivity index (χ3n) is 3.84. The molecule has 0 amide bonds. The molecule has 1 aromatic carbocycles. The normalized spacial score (nSPS) is 25.7. The van der Waals surface area contributed by atoms with Gasteiger partial charge in [0.05, 0.1) is 4.90 Å². The van der Waals surface area contributed by atoms with E-state index in [9.17, 15) is 8.42 Å². The number of thioether (sulfide) groups is 1. The second-order valence-corrected chi connectivity index (χ2v) is 9.48. The lowest BCUT2D eigenvalue weighted by atomic mass is 10.1. The van der Waals surface area contributed by atoms with Crippen LogP contribution in [0, 0.1) is 0 Å². The maximum absolute atomic E-state index is 12.7. The third kappa shape index (κ3) is 3.80. The second-order valence-electron chi connectivity index (χ2n) is 5.66. The lowest BCUT2D eigenvalue weighted by Crippen LogP contribution is -2.43. The van der Waals surface area contributed by atoms with Crippen molar-refractivity contribution >= 4 is 21.8 Å². The van der Waals surface area contributed by atoms with Gasteiger partial charge in [-0.15, -0.1) is 0 Å². The van der Waals surface area contributed by atoms with E-state index in [1.54, 1.807) is 16.4 Å². The van der Waals surface area contributed by atoms with E-state index in [0.29, 0.717) is 28.5 Å². The van der Waals surface area contributed by atoms with Crippen molar-refractivity contribution in [3.8, 4) is 0 Å². The van der Waals surface area contributed by atoms with Crippen LogP contribution in [0.5, 0.6) is 0 Å². The minimum Gasteiger partial charge on any atom is -0.313 e. The molecular weight excluding hydrogens is 304 g/mol. The summed E-state index contributed by atoms with van der Waals surface area (Å²) >= 11 is 1.85. The molecule has 1 heterocycles. The smallest absolute Gasteiger partial charge is 0.243 e. The second kappa shape index (κ2) is 6.69. The summed E-state index contributed by atoms with van der Waals surface area (Å²) in [4.78, 5) is 0.390. The van der Waals surface area contributed by atoms with E-state index in [2.05, 4.69) is 26.1 Å². The maximum atomic E-state index is 12.7. The molecule has 0 bridgehead atoms. The first-order chi connectivity index (χ1) is 9.84. The van der Waals surface area contributed by atoms with E-state index in [-0.39, 0.29) is 6.04 Å². The van der Waals surface area contributed by atoms with Gasteiger partial charge < -0.3 is 5.32 Å². The van der Waals surface area contributed by atoms with E-state index in [1.165, 1.54) is 0 Å². The van der Waals surface area contributed by atoms with Gasteiger partial charge in [-0.05, 0) is 31.7 Å². The first kappa shape index (κ1) is 16.8. The van der Waals surface area contributed by atoms with Crippen LogP contribution in [0.15, 0.2) is 29.2 Å². The monoisotopic (exact) mass is 328 g/mol. The average Bonchev–Trinajstić information content (AvgIpc) is 2.45. The first-order valence-corrected chi connectivity index (χ1v) is 9.65. The van der Waals surface area contributed by atoms with Crippen molar-refractivity contribution in [1.82, 2.24) is 9.62 Å². The van der Waals surface area contributed by atoms with E-state index >= 15 is 0 Å². The standard InChI is InChI=1S/C15H24N2O2S2/c1-11-9-17(10-12(2)20-11)21(18,19)15-7-5-14(6-8-15)13(3)16-4/h5-8,11-13,16H,9-10H2,1-4H3. The lowest BCUT2D eigenvalue weighted by molar-refractivity contribution is 0.405. The highest BCUT2D eigenvalue weighted by atomic mass is 32.2. The summed E-state index contributed by atoms with van der Waals surface area (Å²) in [5, 5.41) is 3.83. The van der Waals surface area contributed by atoms with Crippen molar-refractivity contribution in [3.63, 3.8) is 0 Å². The van der Waals surface area contributed by atoms with Gasteiger partial charge in [-0.1, -0.05) is 26.0 Å². The van der Waals surface area contributed by atoms with Gasteiger partial charge in [-0.3, -0.25) is 0 Å². The van der Waals surface area contributed by atoms with Gasteiger partial charge in [0, 0.05) is 29.6 Å². The molecule has 1 aromatic rings.